The molecular formula is C14H20N2O2S. The zero-order chi connectivity index (χ0) is 14.1. The molecule has 4 nitrogen and oxygen atoms in total. The SMILES string of the molecule is CCCCNC(=S)NC(=O)c1cccc(OCC)c1. The summed E-state index contributed by atoms with van der Waals surface area (Å²) in [6.07, 6.45) is 2.11. The molecule has 1 rings (SSSR count). The van der Waals surface area contributed by atoms with Crippen LogP contribution in [-0.2, 0) is 0 Å². The maximum absolute atomic E-state index is 12.0. The van der Waals surface area contributed by atoms with Gasteiger partial charge in [0, 0.05) is 12.1 Å². The van der Waals surface area contributed by atoms with Crippen LogP contribution in [0.4, 0.5) is 0 Å². The first-order chi connectivity index (χ1) is 9.17. The molecule has 1 aromatic carbocycles. The molecule has 2 N–H and O–H groups in total. The molecule has 0 heterocycles. The van der Waals surface area contributed by atoms with Crippen LogP contribution < -0.4 is 15.4 Å². The van der Waals surface area contributed by atoms with Crippen LogP contribution in [0.1, 0.15) is 37.0 Å². The van der Waals surface area contributed by atoms with Crippen molar-refractivity contribution in [3.8, 4) is 5.75 Å². The topological polar surface area (TPSA) is 50.4 Å². The van der Waals surface area contributed by atoms with E-state index in [9.17, 15) is 4.79 Å². The first-order valence-corrected chi connectivity index (χ1v) is 6.90. The molecule has 1 aromatic rings. The average molecular weight is 280 g/mol. The minimum Gasteiger partial charge on any atom is -0.494 e. The lowest BCUT2D eigenvalue weighted by atomic mass is 10.2. The van der Waals surface area contributed by atoms with Crippen LogP contribution in [0.2, 0.25) is 0 Å². The predicted octanol–water partition coefficient (Wildman–Crippen LogP) is 2.49. The number of thiocarbonyl (C=S) groups is 1. The van der Waals surface area contributed by atoms with Crippen LogP contribution in [-0.4, -0.2) is 24.2 Å². The molecule has 0 unspecified atom stereocenters. The minimum absolute atomic E-state index is 0.226. The van der Waals surface area contributed by atoms with E-state index in [1.165, 1.54) is 0 Å². The van der Waals surface area contributed by atoms with E-state index in [4.69, 9.17) is 17.0 Å². The Kier molecular flexibility index (Phi) is 6.89. The third-order valence-corrected chi connectivity index (χ3v) is 2.70. The van der Waals surface area contributed by atoms with Crippen LogP contribution >= 0.6 is 12.2 Å². The second-order valence-corrected chi connectivity index (χ2v) is 4.43. The lowest BCUT2D eigenvalue weighted by molar-refractivity contribution is 0.0976. The molecule has 0 fully saturated rings. The Morgan fingerprint density at radius 3 is 2.84 bits per heavy atom. The lowest BCUT2D eigenvalue weighted by Gasteiger charge is -2.10. The standard InChI is InChI=1S/C14H20N2O2S/c1-3-5-9-15-14(19)16-13(17)11-7-6-8-12(10-11)18-4-2/h6-8,10H,3-5,9H2,1-2H3,(H2,15,16,17,19). The molecule has 0 aromatic heterocycles. The third kappa shape index (κ3) is 5.70. The molecule has 1 amide bonds. The number of benzene rings is 1. The van der Waals surface area contributed by atoms with E-state index in [-0.39, 0.29) is 5.91 Å². The number of carbonyl (C=O) groups is 1. The van der Waals surface area contributed by atoms with Crippen molar-refractivity contribution < 1.29 is 9.53 Å². The molecular weight excluding hydrogens is 260 g/mol. The molecule has 0 radical (unpaired) electrons. The Labute approximate surface area is 119 Å². The average Bonchev–Trinajstić information content (AvgIpc) is 2.39. The van der Waals surface area contributed by atoms with Gasteiger partial charge in [-0.05, 0) is 43.8 Å². The Hall–Kier alpha value is -1.62. The zero-order valence-electron chi connectivity index (χ0n) is 11.4. The number of carbonyl (C=O) groups excluding carboxylic acids is 1. The number of amides is 1. The summed E-state index contributed by atoms with van der Waals surface area (Å²) in [7, 11) is 0. The van der Waals surface area contributed by atoms with Crippen molar-refractivity contribution in [1.82, 2.24) is 10.6 Å². The van der Waals surface area contributed by atoms with Gasteiger partial charge < -0.3 is 10.1 Å². The van der Waals surface area contributed by atoms with Crippen LogP contribution in [0, 0.1) is 0 Å². The highest BCUT2D eigenvalue weighted by Crippen LogP contribution is 2.12. The second kappa shape index (κ2) is 8.48. The Bertz CT molecular complexity index is 435. The fraction of sp³-hybridized carbons (Fsp3) is 0.429. The molecule has 0 aliphatic heterocycles. The summed E-state index contributed by atoms with van der Waals surface area (Å²) in [5, 5.41) is 6.00. The Morgan fingerprint density at radius 2 is 2.16 bits per heavy atom. The van der Waals surface area contributed by atoms with Crippen LogP contribution in [0.5, 0.6) is 5.75 Å². The van der Waals surface area contributed by atoms with E-state index in [0.29, 0.717) is 23.0 Å². The highest BCUT2D eigenvalue weighted by molar-refractivity contribution is 7.80. The normalized spacial score (nSPS) is 9.79. The van der Waals surface area contributed by atoms with Crippen LogP contribution in [0.15, 0.2) is 24.3 Å². The van der Waals surface area contributed by atoms with E-state index < -0.39 is 0 Å². The molecule has 0 bridgehead atoms. The van der Waals surface area contributed by atoms with Crippen molar-refractivity contribution in [2.45, 2.75) is 26.7 Å². The molecule has 0 saturated heterocycles. The van der Waals surface area contributed by atoms with Gasteiger partial charge in [-0.25, -0.2) is 0 Å². The molecule has 0 atom stereocenters. The molecule has 0 spiro atoms. The Morgan fingerprint density at radius 1 is 1.37 bits per heavy atom. The summed E-state index contributed by atoms with van der Waals surface area (Å²) in [6, 6.07) is 7.03. The van der Waals surface area contributed by atoms with Crippen molar-refractivity contribution in [3.63, 3.8) is 0 Å². The van der Waals surface area contributed by atoms with Crippen molar-refractivity contribution >= 4 is 23.2 Å². The summed E-state index contributed by atoms with van der Waals surface area (Å²) < 4.78 is 5.35. The van der Waals surface area contributed by atoms with Crippen molar-refractivity contribution in [2.24, 2.45) is 0 Å². The van der Waals surface area contributed by atoms with Crippen LogP contribution in [0.25, 0.3) is 0 Å². The maximum atomic E-state index is 12.0. The zero-order valence-corrected chi connectivity index (χ0v) is 12.2. The lowest BCUT2D eigenvalue weighted by Crippen LogP contribution is -2.39. The smallest absolute Gasteiger partial charge is 0.257 e. The van der Waals surface area contributed by atoms with Gasteiger partial charge in [-0.2, -0.15) is 0 Å². The molecule has 0 saturated carbocycles. The first kappa shape index (κ1) is 15.4. The van der Waals surface area contributed by atoms with Gasteiger partial charge in [0.1, 0.15) is 5.75 Å². The number of rotatable bonds is 6. The summed E-state index contributed by atoms with van der Waals surface area (Å²) in [4.78, 5) is 12.0. The van der Waals surface area contributed by atoms with Gasteiger partial charge in [-0.15, -0.1) is 0 Å². The summed E-state index contributed by atoms with van der Waals surface area (Å²) >= 11 is 5.05. The monoisotopic (exact) mass is 280 g/mol. The van der Waals surface area contributed by atoms with E-state index in [1.807, 2.05) is 13.0 Å². The molecule has 5 heteroatoms. The summed E-state index contributed by atoms with van der Waals surface area (Å²) in [6.45, 7) is 5.35. The van der Waals surface area contributed by atoms with Crippen molar-refractivity contribution in [2.75, 3.05) is 13.2 Å². The first-order valence-electron chi connectivity index (χ1n) is 6.49. The number of hydrogen-bond acceptors (Lipinski definition) is 3. The van der Waals surface area contributed by atoms with E-state index in [2.05, 4.69) is 17.6 Å². The van der Waals surface area contributed by atoms with Gasteiger partial charge in [0.25, 0.3) is 5.91 Å². The molecule has 104 valence electrons. The fourth-order valence-corrected chi connectivity index (χ4v) is 1.69. The minimum atomic E-state index is -0.226. The number of nitrogens with one attached hydrogen (secondary N) is 2. The van der Waals surface area contributed by atoms with Gasteiger partial charge in [0.2, 0.25) is 0 Å². The van der Waals surface area contributed by atoms with Crippen molar-refractivity contribution in [3.05, 3.63) is 29.8 Å². The van der Waals surface area contributed by atoms with E-state index in [0.717, 1.165) is 19.4 Å². The number of ether oxygens (including phenoxy) is 1. The number of unbranched alkanes of at least 4 members (excludes halogenated alkanes) is 1. The second-order valence-electron chi connectivity index (χ2n) is 4.02. The predicted molar refractivity (Wildman–Crippen MR) is 80.6 cm³/mol. The van der Waals surface area contributed by atoms with Gasteiger partial charge in [-0.1, -0.05) is 19.4 Å². The molecule has 0 aliphatic rings. The third-order valence-electron chi connectivity index (χ3n) is 2.45. The summed E-state index contributed by atoms with van der Waals surface area (Å²) in [5.41, 5.74) is 0.533. The molecule has 19 heavy (non-hydrogen) atoms. The quantitative estimate of drug-likeness (QED) is 0.621. The van der Waals surface area contributed by atoms with E-state index >= 15 is 0 Å². The van der Waals surface area contributed by atoms with Gasteiger partial charge in [-0.3, -0.25) is 10.1 Å². The summed E-state index contributed by atoms with van der Waals surface area (Å²) in [5.74, 6) is 0.454. The van der Waals surface area contributed by atoms with Crippen LogP contribution in [0.3, 0.4) is 0 Å². The van der Waals surface area contributed by atoms with Gasteiger partial charge in [0.05, 0.1) is 6.61 Å². The van der Waals surface area contributed by atoms with Crippen molar-refractivity contribution in [1.29, 1.82) is 0 Å². The highest BCUT2D eigenvalue weighted by Gasteiger charge is 2.08. The van der Waals surface area contributed by atoms with Gasteiger partial charge >= 0.3 is 0 Å². The Balaban J connectivity index is 2.52. The van der Waals surface area contributed by atoms with Gasteiger partial charge in [0.15, 0.2) is 5.11 Å². The molecule has 0 aliphatic carbocycles. The maximum Gasteiger partial charge on any atom is 0.257 e. The largest absolute Gasteiger partial charge is 0.494 e. The fourth-order valence-electron chi connectivity index (χ4n) is 1.49. The van der Waals surface area contributed by atoms with E-state index in [1.54, 1.807) is 18.2 Å². The number of hydrogen-bond donors (Lipinski definition) is 2. The highest BCUT2D eigenvalue weighted by atomic mass is 32.1.